The number of urea groups is 1. The molecule has 1 aliphatic rings. The zero-order valence-electron chi connectivity index (χ0n) is 10.5. The predicted molar refractivity (Wildman–Crippen MR) is 66.2 cm³/mol. The highest BCUT2D eigenvalue weighted by Gasteiger charge is 2.27. The summed E-state index contributed by atoms with van der Waals surface area (Å²) in [5, 5.41) is 11.5. The van der Waals surface area contributed by atoms with Gasteiger partial charge in [0.15, 0.2) is 0 Å². The molecule has 7 nitrogen and oxygen atoms in total. The molecule has 1 saturated heterocycles. The molecule has 19 heavy (non-hydrogen) atoms. The van der Waals surface area contributed by atoms with Crippen molar-refractivity contribution < 1.29 is 14.7 Å². The number of hydrogen-bond acceptors (Lipinski definition) is 4. The number of carboxylic acids is 1. The van der Waals surface area contributed by atoms with Gasteiger partial charge < -0.3 is 15.3 Å². The van der Waals surface area contributed by atoms with Crippen molar-refractivity contribution in [2.24, 2.45) is 5.92 Å². The van der Waals surface area contributed by atoms with Crippen LogP contribution in [0.25, 0.3) is 0 Å². The molecule has 1 fully saturated rings. The van der Waals surface area contributed by atoms with Crippen LogP contribution < -0.4 is 5.32 Å². The second kappa shape index (κ2) is 6.12. The minimum atomic E-state index is -0.812. The van der Waals surface area contributed by atoms with Gasteiger partial charge in [-0.15, -0.1) is 0 Å². The highest BCUT2D eigenvalue weighted by Crippen LogP contribution is 2.19. The first-order chi connectivity index (χ1) is 9.15. The summed E-state index contributed by atoms with van der Waals surface area (Å²) in [6.45, 7) is 1.46. The average molecular weight is 264 g/mol. The number of rotatable bonds is 4. The fourth-order valence-electron chi connectivity index (χ4n) is 2.13. The van der Waals surface area contributed by atoms with Crippen LogP contribution in [-0.4, -0.2) is 45.1 Å². The molecule has 2 amide bonds. The number of nitrogens with zero attached hydrogens (tertiary/aromatic N) is 3. The van der Waals surface area contributed by atoms with E-state index in [-0.39, 0.29) is 18.4 Å². The summed E-state index contributed by atoms with van der Waals surface area (Å²) in [5.41, 5.74) is 0.740. The minimum Gasteiger partial charge on any atom is -0.481 e. The van der Waals surface area contributed by atoms with Crippen LogP contribution in [0.4, 0.5) is 4.79 Å². The quantitative estimate of drug-likeness (QED) is 0.824. The van der Waals surface area contributed by atoms with Gasteiger partial charge in [0.1, 0.15) is 6.33 Å². The first-order valence-corrected chi connectivity index (χ1v) is 6.14. The van der Waals surface area contributed by atoms with Crippen molar-refractivity contribution in [3.8, 4) is 0 Å². The predicted octanol–water partition coefficient (Wildman–Crippen LogP) is 0.483. The highest BCUT2D eigenvalue weighted by atomic mass is 16.4. The first-order valence-electron chi connectivity index (χ1n) is 6.14. The molecule has 102 valence electrons. The minimum absolute atomic E-state index is 0.0577. The lowest BCUT2D eigenvalue weighted by Gasteiger charge is -2.16. The molecular weight excluding hydrogens is 248 g/mol. The standard InChI is InChI=1S/C12H16N4O3/c17-11(18)5-9-2-4-16(7-9)12(19)14-6-10-1-3-13-8-15-10/h1,3,8-9H,2,4-7H2,(H,14,19)(H,17,18). The van der Waals surface area contributed by atoms with Gasteiger partial charge in [0, 0.05) is 25.7 Å². The number of aliphatic carboxylic acids is 1. The summed E-state index contributed by atoms with van der Waals surface area (Å²) in [7, 11) is 0. The summed E-state index contributed by atoms with van der Waals surface area (Å²) in [4.78, 5) is 31.9. The van der Waals surface area contributed by atoms with Crippen molar-refractivity contribution in [2.45, 2.75) is 19.4 Å². The van der Waals surface area contributed by atoms with Crippen molar-refractivity contribution in [3.63, 3.8) is 0 Å². The fraction of sp³-hybridized carbons (Fsp3) is 0.500. The lowest BCUT2D eigenvalue weighted by atomic mass is 10.1. The smallest absolute Gasteiger partial charge is 0.317 e. The van der Waals surface area contributed by atoms with Crippen molar-refractivity contribution in [2.75, 3.05) is 13.1 Å². The van der Waals surface area contributed by atoms with Crippen molar-refractivity contribution in [1.82, 2.24) is 20.2 Å². The van der Waals surface area contributed by atoms with Gasteiger partial charge in [0.2, 0.25) is 0 Å². The Morgan fingerprint density at radius 2 is 2.37 bits per heavy atom. The van der Waals surface area contributed by atoms with Crippen LogP contribution in [0.2, 0.25) is 0 Å². The summed E-state index contributed by atoms with van der Waals surface area (Å²) in [6.07, 6.45) is 3.91. The summed E-state index contributed by atoms with van der Waals surface area (Å²) < 4.78 is 0. The van der Waals surface area contributed by atoms with Crippen LogP contribution in [0.1, 0.15) is 18.5 Å². The number of nitrogens with one attached hydrogen (secondary N) is 1. The molecule has 1 atom stereocenters. The van der Waals surface area contributed by atoms with E-state index >= 15 is 0 Å². The van der Waals surface area contributed by atoms with Gasteiger partial charge >= 0.3 is 12.0 Å². The molecule has 0 spiro atoms. The van der Waals surface area contributed by atoms with E-state index in [1.165, 1.54) is 6.33 Å². The van der Waals surface area contributed by atoms with E-state index in [1.54, 1.807) is 17.2 Å². The van der Waals surface area contributed by atoms with Gasteiger partial charge in [0.05, 0.1) is 12.2 Å². The Hall–Kier alpha value is -2.18. The van der Waals surface area contributed by atoms with Gasteiger partial charge in [-0.05, 0) is 18.4 Å². The summed E-state index contributed by atoms with van der Waals surface area (Å²) >= 11 is 0. The van der Waals surface area contributed by atoms with Crippen LogP contribution in [0.3, 0.4) is 0 Å². The van der Waals surface area contributed by atoms with E-state index < -0.39 is 5.97 Å². The molecule has 0 bridgehead atoms. The SMILES string of the molecule is O=C(O)CC1CCN(C(=O)NCc2ccncn2)C1. The van der Waals surface area contributed by atoms with Crippen LogP contribution in [0.5, 0.6) is 0 Å². The number of aromatic nitrogens is 2. The Kier molecular flexibility index (Phi) is 4.27. The topological polar surface area (TPSA) is 95.4 Å². The van der Waals surface area contributed by atoms with E-state index in [9.17, 15) is 9.59 Å². The fourth-order valence-corrected chi connectivity index (χ4v) is 2.13. The maximum Gasteiger partial charge on any atom is 0.317 e. The summed E-state index contributed by atoms with van der Waals surface area (Å²) in [5.74, 6) is -0.754. The number of amides is 2. The molecular formula is C12H16N4O3. The Balaban J connectivity index is 1.77. The second-order valence-electron chi connectivity index (χ2n) is 4.56. The van der Waals surface area contributed by atoms with E-state index in [4.69, 9.17) is 5.11 Å². The van der Waals surface area contributed by atoms with Crippen molar-refractivity contribution >= 4 is 12.0 Å². The van der Waals surface area contributed by atoms with Gasteiger partial charge in [-0.3, -0.25) is 4.79 Å². The highest BCUT2D eigenvalue weighted by molar-refractivity contribution is 5.74. The number of carbonyl (C=O) groups excluding carboxylic acids is 1. The number of carbonyl (C=O) groups is 2. The molecule has 0 aliphatic carbocycles. The molecule has 0 aromatic carbocycles. The largest absolute Gasteiger partial charge is 0.481 e. The van der Waals surface area contributed by atoms with Crippen LogP contribution in [0.15, 0.2) is 18.6 Å². The zero-order chi connectivity index (χ0) is 13.7. The Morgan fingerprint density at radius 1 is 1.53 bits per heavy atom. The zero-order valence-corrected chi connectivity index (χ0v) is 10.5. The Bertz CT molecular complexity index is 452. The second-order valence-corrected chi connectivity index (χ2v) is 4.56. The number of carboxylic acid groups (broad SMARTS) is 1. The first kappa shape index (κ1) is 13.3. The summed E-state index contributed by atoms with van der Waals surface area (Å²) in [6, 6.07) is 1.56. The Morgan fingerprint density at radius 3 is 3.05 bits per heavy atom. The van der Waals surface area contributed by atoms with Crippen LogP contribution in [0, 0.1) is 5.92 Å². The molecule has 1 unspecified atom stereocenters. The third-order valence-electron chi connectivity index (χ3n) is 3.10. The van der Waals surface area contributed by atoms with E-state index in [1.807, 2.05) is 0 Å². The van der Waals surface area contributed by atoms with E-state index in [0.29, 0.717) is 19.6 Å². The normalized spacial score (nSPS) is 18.3. The lowest BCUT2D eigenvalue weighted by Crippen LogP contribution is -2.38. The average Bonchev–Trinajstić information content (AvgIpc) is 2.85. The molecule has 0 saturated carbocycles. The van der Waals surface area contributed by atoms with Crippen LogP contribution in [-0.2, 0) is 11.3 Å². The monoisotopic (exact) mass is 264 g/mol. The molecule has 7 heteroatoms. The molecule has 2 heterocycles. The molecule has 1 aromatic rings. The van der Waals surface area contributed by atoms with Crippen molar-refractivity contribution in [3.05, 3.63) is 24.3 Å². The lowest BCUT2D eigenvalue weighted by molar-refractivity contribution is -0.138. The number of hydrogen-bond donors (Lipinski definition) is 2. The third-order valence-corrected chi connectivity index (χ3v) is 3.10. The van der Waals surface area contributed by atoms with Gasteiger partial charge in [0.25, 0.3) is 0 Å². The van der Waals surface area contributed by atoms with E-state index in [0.717, 1.165) is 12.1 Å². The van der Waals surface area contributed by atoms with Gasteiger partial charge in [-0.2, -0.15) is 0 Å². The van der Waals surface area contributed by atoms with E-state index in [2.05, 4.69) is 15.3 Å². The molecule has 1 aliphatic heterocycles. The van der Waals surface area contributed by atoms with Gasteiger partial charge in [-0.25, -0.2) is 14.8 Å². The maximum absolute atomic E-state index is 11.9. The molecule has 2 N–H and O–H groups in total. The Labute approximate surface area is 110 Å². The van der Waals surface area contributed by atoms with Crippen LogP contribution >= 0.6 is 0 Å². The maximum atomic E-state index is 11.9. The number of likely N-dealkylation sites (tertiary alicyclic amines) is 1. The molecule has 0 radical (unpaired) electrons. The third kappa shape index (κ3) is 3.90. The van der Waals surface area contributed by atoms with Gasteiger partial charge in [-0.1, -0.05) is 0 Å². The molecule has 2 rings (SSSR count). The van der Waals surface area contributed by atoms with Crippen molar-refractivity contribution in [1.29, 1.82) is 0 Å². The molecule has 1 aromatic heterocycles.